The molecule has 1 amide bonds. The number of nitrogens with one attached hydrogen (secondary N) is 1. The zero-order valence-corrected chi connectivity index (χ0v) is 12.4. The van der Waals surface area contributed by atoms with Crippen molar-refractivity contribution in [1.82, 2.24) is 4.98 Å². The maximum atomic E-state index is 12.0. The van der Waals surface area contributed by atoms with E-state index in [1.807, 2.05) is 0 Å². The third-order valence-electron chi connectivity index (χ3n) is 2.47. The molecule has 1 aromatic heterocycles. The Morgan fingerprint density at radius 1 is 1.40 bits per heavy atom. The first kappa shape index (κ1) is 14.5. The number of aromatic nitrogens is 1. The molecule has 2 N–H and O–H groups in total. The van der Waals surface area contributed by atoms with Crippen LogP contribution in [0.25, 0.3) is 0 Å². The summed E-state index contributed by atoms with van der Waals surface area (Å²) in [4.78, 5) is 15.8. The van der Waals surface area contributed by atoms with Gasteiger partial charge in [-0.15, -0.1) is 0 Å². The second-order valence-electron chi connectivity index (χ2n) is 4.23. The van der Waals surface area contributed by atoms with Crippen LogP contribution < -0.4 is 5.32 Å². The first-order valence-electron chi connectivity index (χ1n) is 5.54. The number of sulfone groups is 1. The first-order valence-corrected chi connectivity index (χ1v) is 8.25. The first-order chi connectivity index (χ1) is 9.27. The highest BCUT2D eigenvalue weighted by molar-refractivity contribution is 7.92. The summed E-state index contributed by atoms with van der Waals surface area (Å²) in [5, 5.41) is 12.3. The topological polar surface area (TPSA) is 96.4 Å². The van der Waals surface area contributed by atoms with Crippen LogP contribution in [0, 0.1) is 6.92 Å². The van der Waals surface area contributed by atoms with Gasteiger partial charge in [-0.25, -0.2) is 13.4 Å². The number of hydrogen-bond acceptors (Lipinski definition) is 6. The van der Waals surface area contributed by atoms with Gasteiger partial charge in [-0.05, 0) is 19.1 Å². The van der Waals surface area contributed by atoms with Gasteiger partial charge >= 0.3 is 0 Å². The minimum atomic E-state index is -3.34. The number of aromatic hydroxyl groups is 1. The molecule has 2 rings (SSSR count). The molecule has 20 heavy (non-hydrogen) atoms. The summed E-state index contributed by atoms with van der Waals surface area (Å²) < 4.78 is 22.7. The molecule has 0 aliphatic carbocycles. The van der Waals surface area contributed by atoms with Crippen molar-refractivity contribution in [2.24, 2.45) is 0 Å². The Bertz CT molecular complexity index is 766. The summed E-state index contributed by atoms with van der Waals surface area (Å²) in [6.45, 7) is 1.79. The van der Waals surface area contributed by atoms with E-state index in [-0.39, 0.29) is 20.7 Å². The summed E-state index contributed by atoms with van der Waals surface area (Å²) in [5.41, 5.74) is 0.935. The number of phenols is 1. The van der Waals surface area contributed by atoms with Gasteiger partial charge in [-0.2, -0.15) is 0 Å². The van der Waals surface area contributed by atoms with Crippen molar-refractivity contribution in [2.45, 2.75) is 11.1 Å². The molecule has 0 aliphatic heterocycles. The minimum Gasteiger partial charge on any atom is -0.507 e. The molecule has 6 nitrogen and oxygen atoms in total. The molecule has 2 aromatic rings. The number of amides is 1. The third-order valence-corrected chi connectivity index (χ3v) is 5.17. The molecule has 0 radical (unpaired) electrons. The van der Waals surface area contributed by atoms with E-state index in [1.165, 1.54) is 18.3 Å². The molecule has 106 valence electrons. The molecule has 0 unspecified atom stereocenters. The van der Waals surface area contributed by atoms with Crippen LogP contribution in [0.3, 0.4) is 0 Å². The number of carbonyl (C=O) groups excluding carboxylic acids is 1. The fraction of sp³-hybridized carbons (Fsp3) is 0.167. The van der Waals surface area contributed by atoms with E-state index in [0.29, 0.717) is 0 Å². The van der Waals surface area contributed by atoms with Crippen LogP contribution in [-0.2, 0) is 9.84 Å². The molecule has 0 aliphatic rings. The summed E-state index contributed by atoms with van der Waals surface area (Å²) >= 11 is 0.860. The Morgan fingerprint density at radius 2 is 2.10 bits per heavy atom. The number of nitrogens with zero attached hydrogens (tertiary/aromatic N) is 1. The Labute approximate surface area is 120 Å². The predicted molar refractivity (Wildman–Crippen MR) is 76.0 cm³/mol. The van der Waals surface area contributed by atoms with Gasteiger partial charge in [0.25, 0.3) is 5.91 Å². The third kappa shape index (κ3) is 3.14. The molecule has 0 spiro atoms. The zero-order chi connectivity index (χ0) is 14.9. The van der Waals surface area contributed by atoms with Gasteiger partial charge in [0.2, 0.25) is 0 Å². The van der Waals surface area contributed by atoms with E-state index in [9.17, 15) is 18.3 Å². The van der Waals surface area contributed by atoms with Crippen LogP contribution in [0.4, 0.5) is 5.13 Å². The average molecular weight is 312 g/mol. The Morgan fingerprint density at radius 3 is 2.70 bits per heavy atom. The van der Waals surface area contributed by atoms with Crippen LogP contribution >= 0.6 is 11.3 Å². The maximum Gasteiger partial charge on any atom is 0.261 e. The lowest BCUT2D eigenvalue weighted by Crippen LogP contribution is -2.12. The average Bonchev–Trinajstić information content (AvgIpc) is 2.80. The van der Waals surface area contributed by atoms with Gasteiger partial charge in [0.1, 0.15) is 9.96 Å². The van der Waals surface area contributed by atoms with Crippen LogP contribution in [0.5, 0.6) is 5.75 Å². The van der Waals surface area contributed by atoms with E-state index >= 15 is 0 Å². The van der Waals surface area contributed by atoms with Gasteiger partial charge in [-0.3, -0.25) is 10.1 Å². The number of aryl methyl sites for hydroxylation is 1. The normalized spacial score (nSPS) is 11.3. The van der Waals surface area contributed by atoms with Crippen molar-refractivity contribution in [3.05, 3.63) is 35.5 Å². The Balaban J connectivity index is 2.24. The number of phenolic OH excluding ortho intramolecular Hbond substituents is 1. The molecule has 8 heteroatoms. The van der Waals surface area contributed by atoms with E-state index in [4.69, 9.17) is 0 Å². The maximum absolute atomic E-state index is 12.0. The number of hydrogen-bond donors (Lipinski definition) is 2. The van der Waals surface area contributed by atoms with Gasteiger partial charge < -0.3 is 5.11 Å². The minimum absolute atomic E-state index is 0.0706. The van der Waals surface area contributed by atoms with E-state index in [0.717, 1.165) is 23.2 Å². The summed E-state index contributed by atoms with van der Waals surface area (Å²) in [7, 11) is -3.34. The monoisotopic (exact) mass is 312 g/mol. The molecule has 1 aromatic carbocycles. The molecule has 0 fully saturated rings. The second kappa shape index (κ2) is 5.22. The summed E-state index contributed by atoms with van der Waals surface area (Å²) in [6, 6.07) is 4.64. The van der Waals surface area contributed by atoms with E-state index in [1.54, 1.807) is 13.0 Å². The number of carbonyl (C=O) groups is 1. The Hall–Kier alpha value is -1.93. The molecule has 0 saturated heterocycles. The van der Waals surface area contributed by atoms with Gasteiger partial charge in [0.05, 0.1) is 11.8 Å². The smallest absolute Gasteiger partial charge is 0.261 e. The SMILES string of the molecule is Cc1ccc(O)c(C(=O)Nc2ncc(S(C)(=O)=O)s2)c1. The fourth-order valence-corrected chi connectivity index (χ4v) is 3.12. The largest absolute Gasteiger partial charge is 0.507 e. The lowest BCUT2D eigenvalue weighted by molar-refractivity contribution is 0.102. The summed E-state index contributed by atoms with van der Waals surface area (Å²) in [6.07, 6.45) is 2.25. The molecular weight excluding hydrogens is 300 g/mol. The standard InChI is InChI=1S/C12H12N2O4S2/c1-7-3-4-9(15)8(5-7)11(16)14-12-13-6-10(19-12)20(2,17)18/h3-6,15H,1-2H3,(H,13,14,16). The van der Waals surface area contributed by atoms with E-state index in [2.05, 4.69) is 10.3 Å². The van der Waals surface area contributed by atoms with E-state index < -0.39 is 15.7 Å². The van der Waals surface area contributed by atoms with Gasteiger partial charge in [0, 0.05) is 6.26 Å². The number of anilines is 1. The number of benzene rings is 1. The van der Waals surface area contributed by atoms with Crippen LogP contribution in [-0.4, -0.2) is 30.7 Å². The fourth-order valence-electron chi connectivity index (χ4n) is 1.48. The van der Waals surface area contributed by atoms with Crippen LogP contribution in [0.2, 0.25) is 0 Å². The predicted octanol–water partition coefficient (Wildman–Crippen LogP) is 1.81. The molecule has 0 atom stereocenters. The van der Waals surface area contributed by atoms with Crippen LogP contribution in [0.1, 0.15) is 15.9 Å². The quantitative estimate of drug-likeness (QED) is 0.901. The molecule has 0 bridgehead atoms. The lowest BCUT2D eigenvalue weighted by atomic mass is 10.1. The van der Waals surface area contributed by atoms with Crippen molar-refractivity contribution >= 4 is 32.2 Å². The van der Waals surface area contributed by atoms with Gasteiger partial charge in [-0.1, -0.05) is 23.0 Å². The van der Waals surface area contributed by atoms with Crippen molar-refractivity contribution in [3.8, 4) is 5.75 Å². The van der Waals surface area contributed by atoms with Crippen molar-refractivity contribution in [1.29, 1.82) is 0 Å². The van der Waals surface area contributed by atoms with Crippen molar-refractivity contribution in [2.75, 3.05) is 11.6 Å². The van der Waals surface area contributed by atoms with Gasteiger partial charge in [0.15, 0.2) is 15.0 Å². The number of thiazole rings is 1. The van der Waals surface area contributed by atoms with Crippen molar-refractivity contribution in [3.63, 3.8) is 0 Å². The summed E-state index contributed by atoms with van der Waals surface area (Å²) in [5.74, 6) is -0.686. The highest BCUT2D eigenvalue weighted by Crippen LogP contribution is 2.24. The highest BCUT2D eigenvalue weighted by atomic mass is 32.2. The molecule has 0 saturated carbocycles. The Kier molecular flexibility index (Phi) is 3.78. The second-order valence-corrected chi connectivity index (χ2v) is 7.50. The number of rotatable bonds is 3. The molecule has 1 heterocycles. The lowest BCUT2D eigenvalue weighted by Gasteiger charge is -2.05. The van der Waals surface area contributed by atoms with Crippen molar-refractivity contribution < 1.29 is 18.3 Å². The highest BCUT2D eigenvalue weighted by Gasteiger charge is 2.16. The zero-order valence-electron chi connectivity index (χ0n) is 10.7. The molecular formula is C12H12N2O4S2. The van der Waals surface area contributed by atoms with Crippen LogP contribution in [0.15, 0.2) is 28.6 Å².